The highest BCUT2D eigenvalue weighted by Gasteiger charge is 2.29. The summed E-state index contributed by atoms with van der Waals surface area (Å²) in [6, 6.07) is 7.85. The highest BCUT2D eigenvalue weighted by molar-refractivity contribution is 5.85. The minimum Gasteiger partial charge on any atom is -0.487 e. The number of nitrogens with one attached hydrogen (secondary N) is 1. The molecule has 1 aliphatic rings. The number of rotatable bonds is 3. The second-order valence-corrected chi connectivity index (χ2v) is 4.19. The van der Waals surface area contributed by atoms with Crippen LogP contribution in [0.15, 0.2) is 24.3 Å². The van der Waals surface area contributed by atoms with E-state index >= 15 is 0 Å². The third-order valence-electron chi connectivity index (χ3n) is 2.83. The van der Waals surface area contributed by atoms with Crippen LogP contribution >= 0.6 is 12.4 Å². The Balaban J connectivity index is 0.00000162. The van der Waals surface area contributed by atoms with Crippen molar-refractivity contribution in [1.29, 1.82) is 0 Å². The lowest BCUT2D eigenvalue weighted by atomic mass is 10.0. The number of halogens is 1. The number of likely N-dealkylation sites (N-methyl/N-ethyl adjacent to an activating group) is 1. The summed E-state index contributed by atoms with van der Waals surface area (Å²) in [6.45, 7) is 2.15. The molecule has 0 bridgehead atoms. The Morgan fingerprint density at radius 1 is 1.50 bits per heavy atom. The van der Waals surface area contributed by atoms with Gasteiger partial charge in [-0.05, 0) is 25.6 Å². The van der Waals surface area contributed by atoms with Crippen LogP contribution in [0.5, 0.6) is 5.75 Å². The lowest BCUT2D eigenvalue weighted by molar-refractivity contribution is -0.153. The quantitative estimate of drug-likeness (QED) is 0.848. The van der Waals surface area contributed by atoms with Gasteiger partial charge in [-0.25, -0.2) is 0 Å². The number of carbonyl (C=O) groups excluding carboxylic acids is 1. The summed E-state index contributed by atoms with van der Waals surface area (Å²) in [4.78, 5) is 11.4. The topological polar surface area (TPSA) is 47.6 Å². The van der Waals surface area contributed by atoms with Crippen molar-refractivity contribution >= 4 is 18.4 Å². The molecule has 0 saturated heterocycles. The maximum absolute atomic E-state index is 11.4. The van der Waals surface area contributed by atoms with Crippen LogP contribution in [-0.4, -0.2) is 31.8 Å². The van der Waals surface area contributed by atoms with Crippen LogP contribution in [-0.2, 0) is 16.0 Å². The summed E-state index contributed by atoms with van der Waals surface area (Å²) >= 11 is 0. The van der Waals surface area contributed by atoms with Gasteiger partial charge in [0, 0.05) is 6.42 Å². The molecule has 4 nitrogen and oxygen atoms in total. The van der Waals surface area contributed by atoms with E-state index in [4.69, 9.17) is 9.47 Å². The smallest absolute Gasteiger partial charge is 0.320 e. The normalized spacial score (nSPS) is 21.2. The van der Waals surface area contributed by atoms with Gasteiger partial charge in [-0.3, -0.25) is 4.79 Å². The molecule has 0 amide bonds. The number of hydrogen-bond donors (Lipinski definition) is 1. The molecule has 0 aliphatic carbocycles. The first kappa shape index (κ1) is 14.8. The van der Waals surface area contributed by atoms with Crippen LogP contribution in [0, 0.1) is 0 Å². The highest BCUT2D eigenvalue weighted by Crippen LogP contribution is 2.28. The second kappa shape index (κ2) is 6.61. The molecule has 1 aromatic carbocycles. The Morgan fingerprint density at radius 3 is 2.94 bits per heavy atom. The van der Waals surface area contributed by atoms with Gasteiger partial charge in [0.15, 0.2) is 0 Å². The van der Waals surface area contributed by atoms with Gasteiger partial charge in [0.2, 0.25) is 0 Å². The molecule has 2 atom stereocenters. The van der Waals surface area contributed by atoms with Gasteiger partial charge in [0.1, 0.15) is 18.0 Å². The molecule has 100 valence electrons. The predicted octanol–water partition coefficient (Wildman–Crippen LogP) is 1.56. The monoisotopic (exact) mass is 271 g/mol. The Labute approximate surface area is 113 Å². The van der Waals surface area contributed by atoms with Gasteiger partial charge in [-0.2, -0.15) is 0 Å². The Kier molecular flexibility index (Phi) is 5.44. The van der Waals surface area contributed by atoms with E-state index in [1.54, 1.807) is 7.05 Å². The van der Waals surface area contributed by atoms with Crippen LogP contribution in [0.1, 0.15) is 12.5 Å². The Bertz CT molecular complexity index is 411. The van der Waals surface area contributed by atoms with E-state index in [1.807, 2.05) is 31.2 Å². The van der Waals surface area contributed by atoms with Gasteiger partial charge in [0.25, 0.3) is 0 Å². The van der Waals surface area contributed by atoms with E-state index in [9.17, 15) is 4.79 Å². The van der Waals surface area contributed by atoms with Crippen molar-refractivity contribution in [2.45, 2.75) is 25.6 Å². The van der Waals surface area contributed by atoms with Gasteiger partial charge in [0.05, 0.1) is 6.54 Å². The molecule has 1 aromatic rings. The first-order valence-corrected chi connectivity index (χ1v) is 5.79. The summed E-state index contributed by atoms with van der Waals surface area (Å²) in [5.74, 6) is 0.647. The minimum atomic E-state index is -0.243. The first-order valence-electron chi connectivity index (χ1n) is 5.79. The van der Waals surface area contributed by atoms with E-state index in [-0.39, 0.29) is 37.1 Å². The number of esters is 1. The van der Waals surface area contributed by atoms with Gasteiger partial charge in [-0.15, -0.1) is 12.4 Å². The lowest BCUT2D eigenvalue weighted by Crippen LogP contribution is -2.40. The molecule has 1 heterocycles. The highest BCUT2D eigenvalue weighted by atomic mass is 35.5. The number of benzene rings is 1. The molecular formula is C13H18ClNO3. The maximum atomic E-state index is 11.4. The van der Waals surface area contributed by atoms with E-state index in [1.165, 1.54) is 0 Å². The zero-order valence-electron chi connectivity index (χ0n) is 10.5. The fourth-order valence-electron chi connectivity index (χ4n) is 1.94. The summed E-state index contributed by atoms with van der Waals surface area (Å²) in [5.41, 5.74) is 1.09. The lowest BCUT2D eigenvalue weighted by Gasteiger charge is -2.31. The first-order chi connectivity index (χ1) is 8.20. The van der Waals surface area contributed by atoms with Crippen molar-refractivity contribution in [3.8, 4) is 5.75 Å². The molecule has 0 fully saturated rings. The molecule has 0 aromatic heterocycles. The Hall–Kier alpha value is -1.26. The molecule has 1 aliphatic heterocycles. The fourth-order valence-corrected chi connectivity index (χ4v) is 1.94. The Morgan fingerprint density at radius 2 is 2.22 bits per heavy atom. The number of para-hydroxylation sites is 1. The summed E-state index contributed by atoms with van der Waals surface area (Å²) in [5, 5.41) is 2.78. The van der Waals surface area contributed by atoms with Crippen LogP contribution in [0.25, 0.3) is 0 Å². The molecule has 0 spiro atoms. The average molecular weight is 272 g/mol. The van der Waals surface area contributed by atoms with Crippen LogP contribution < -0.4 is 10.1 Å². The van der Waals surface area contributed by atoms with Gasteiger partial charge < -0.3 is 14.8 Å². The molecule has 2 unspecified atom stereocenters. The number of carbonyl (C=O) groups is 1. The molecule has 1 N–H and O–H groups in total. The zero-order chi connectivity index (χ0) is 12.3. The molecule has 18 heavy (non-hydrogen) atoms. The van der Waals surface area contributed by atoms with Crippen molar-refractivity contribution in [3.05, 3.63) is 29.8 Å². The summed E-state index contributed by atoms with van der Waals surface area (Å²) in [6.07, 6.45) is 0.406. The number of hydrogen-bond acceptors (Lipinski definition) is 4. The van der Waals surface area contributed by atoms with E-state index in [0.29, 0.717) is 6.42 Å². The van der Waals surface area contributed by atoms with Crippen molar-refractivity contribution in [3.63, 3.8) is 0 Å². The van der Waals surface area contributed by atoms with E-state index in [0.717, 1.165) is 11.3 Å². The third kappa shape index (κ3) is 3.37. The SMILES string of the molecule is CNCC(=O)OC1Cc2ccccc2OC1C.Cl. The minimum absolute atomic E-state index is 0. The molecule has 0 saturated carbocycles. The van der Waals surface area contributed by atoms with E-state index < -0.39 is 0 Å². The van der Waals surface area contributed by atoms with Gasteiger partial charge >= 0.3 is 5.97 Å². The van der Waals surface area contributed by atoms with Crippen LogP contribution in [0.4, 0.5) is 0 Å². The van der Waals surface area contributed by atoms with Crippen molar-refractivity contribution < 1.29 is 14.3 Å². The largest absolute Gasteiger partial charge is 0.487 e. The van der Waals surface area contributed by atoms with Crippen molar-refractivity contribution in [2.75, 3.05) is 13.6 Å². The van der Waals surface area contributed by atoms with Gasteiger partial charge in [-0.1, -0.05) is 18.2 Å². The van der Waals surface area contributed by atoms with Crippen molar-refractivity contribution in [2.24, 2.45) is 0 Å². The molecule has 5 heteroatoms. The van der Waals surface area contributed by atoms with Crippen molar-refractivity contribution in [1.82, 2.24) is 5.32 Å². The average Bonchev–Trinajstić information content (AvgIpc) is 2.30. The summed E-state index contributed by atoms with van der Waals surface area (Å²) in [7, 11) is 1.72. The van der Waals surface area contributed by atoms with Crippen LogP contribution in [0.3, 0.4) is 0 Å². The predicted molar refractivity (Wildman–Crippen MR) is 71.3 cm³/mol. The second-order valence-electron chi connectivity index (χ2n) is 4.19. The zero-order valence-corrected chi connectivity index (χ0v) is 11.3. The standard InChI is InChI=1S/C13H17NO3.ClH/c1-9-12(17-13(15)8-14-2)7-10-5-3-4-6-11(10)16-9;/h3-6,9,12,14H,7-8H2,1-2H3;1H. The molecular weight excluding hydrogens is 254 g/mol. The number of fused-ring (bicyclic) bond motifs is 1. The molecule has 0 radical (unpaired) electrons. The fraction of sp³-hybridized carbons (Fsp3) is 0.462. The van der Waals surface area contributed by atoms with Crippen LogP contribution in [0.2, 0.25) is 0 Å². The maximum Gasteiger partial charge on any atom is 0.320 e. The van der Waals surface area contributed by atoms with E-state index in [2.05, 4.69) is 5.32 Å². The number of ether oxygens (including phenoxy) is 2. The molecule has 2 rings (SSSR count). The summed E-state index contributed by atoms with van der Waals surface area (Å²) < 4.78 is 11.1. The third-order valence-corrected chi connectivity index (χ3v) is 2.83.